The maximum absolute atomic E-state index is 14.9. The Morgan fingerprint density at radius 3 is 2.53 bits per heavy atom. The van der Waals surface area contributed by atoms with E-state index >= 15 is 0 Å². The van der Waals surface area contributed by atoms with Crippen LogP contribution in [0.5, 0.6) is 5.88 Å². The lowest BCUT2D eigenvalue weighted by molar-refractivity contribution is -0.198. The number of nitrogens with two attached hydrogens (primary N) is 1. The first-order chi connectivity index (χ1) is 22.4. The molecular formula is C34H38F3N7O3. The number of rotatable bonds is 8. The Morgan fingerprint density at radius 2 is 1.85 bits per heavy atom. The molecule has 2 atom stereocenters. The van der Waals surface area contributed by atoms with Crippen molar-refractivity contribution in [2.45, 2.75) is 58.4 Å². The minimum Gasteiger partial charge on any atom is -0.465 e. The summed E-state index contributed by atoms with van der Waals surface area (Å²) in [4.78, 5) is 22.6. The molecule has 0 bridgehead atoms. The SMILES string of the molecule is CCOC(=O)[C@@H]1CC2(CCN(c3cc(O[C@H](c4ccc(-c5cccc(C)c5)cc4-n4ccc(C)n4)C(F)(F)F)nc(N)n3)CC2)CN1. The zero-order valence-corrected chi connectivity index (χ0v) is 26.6. The van der Waals surface area contributed by atoms with Gasteiger partial charge in [0.05, 0.1) is 18.0 Å². The number of nitrogens with zero attached hydrogens (tertiary/aromatic N) is 5. The molecule has 3 N–H and O–H groups in total. The van der Waals surface area contributed by atoms with Crippen molar-refractivity contribution in [2.75, 3.05) is 36.9 Å². The predicted octanol–water partition coefficient (Wildman–Crippen LogP) is 5.72. The number of nitrogens with one attached hydrogen (secondary N) is 1. The summed E-state index contributed by atoms with van der Waals surface area (Å²) in [7, 11) is 0. The average molecular weight is 650 g/mol. The molecule has 2 saturated heterocycles. The molecule has 0 aliphatic carbocycles. The van der Waals surface area contributed by atoms with Crippen LogP contribution < -0.4 is 20.7 Å². The lowest BCUT2D eigenvalue weighted by atomic mass is 9.76. The van der Waals surface area contributed by atoms with Crippen molar-refractivity contribution in [3.05, 3.63) is 77.6 Å². The number of ether oxygens (including phenoxy) is 2. The third-order valence-corrected chi connectivity index (χ3v) is 8.96. The average Bonchev–Trinajstić information content (AvgIpc) is 3.66. The molecule has 0 amide bonds. The Kier molecular flexibility index (Phi) is 8.84. The van der Waals surface area contributed by atoms with Gasteiger partial charge in [-0.05, 0) is 68.7 Å². The van der Waals surface area contributed by atoms with Gasteiger partial charge in [0, 0.05) is 37.5 Å². The Labute approximate surface area is 271 Å². The van der Waals surface area contributed by atoms with Gasteiger partial charge in [-0.2, -0.15) is 28.2 Å². The van der Waals surface area contributed by atoms with E-state index < -0.39 is 12.3 Å². The molecule has 13 heteroatoms. The first-order valence-corrected chi connectivity index (χ1v) is 15.7. The maximum Gasteiger partial charge on any atom is 0.429 e. The largest absolute Gasteiger partial charge is 0.465 e. The van der Waals surface area contributed by atoms with Gasteiger partial charge in [0.1, 0.15) is 11.9 Å². The fraction of sp³-hybridized carbons (Fsp3) is 0.412. The highest BCUT2D eigenvalue weighted by atomic mass is 19.4. The minimum absolute atomic E-state index is 0.0704. The van der Waals surface area contributed by atoms with Crippen LogP contribution in [0, 0.1) is 19.3 Å². The highest BCUT2D eigenvalue weighted by molar-refractivity contribution is 5.76. The first kappa shape index (κ1) is 32.3. The van der Waals surface area contributed by atoms with Crippen LogP contribution in [0.25, 0.3) is 16.8 Å². The highest BCUT2D eigenvalue weighted by Crippen LogP contribution is 2.43. The zero-order valence-electron chi connectivity index (χ0n) is 26.6. The van der Waals surface area contributed by atoms with Crippen molar-refractivity contribution in [1.82, 2.24) is 25.1 Å². The second-order valence-electron chi connectivity index (χ2n) is 12.4. The number of carbonyl (C=O) groups excluding carboxylic acids is 1. The molecule has 1 spiro atoms. The summed E-state index contributed by atoms with van der Waals surface area (Å²) in [6.45, 7) is 7.70. The standard InChI is InChI=1S/C34H38F3N7O3/c1-4-46-31(45)26-19-33(20-39-26)11-14-43(15-12-33)28-18-29(41-32(38)40-28)47-30(34(35,36)37)25-9-8-24(23-7-5-6-21(2)16-23)17-27(25)44-13-10-22(3)42-44/h5-10,13,16-18,26,30,39H,4,11-12,14-15,19-20H2,1-3H3,(H2,38,40,41)/t26-,30+/m0/s1. The number of aromatic nitrogens is 4. The van der Waals surface area contributed by atoms with Gasteiger partial charge in [0.2, 0.25) is 17.9 Å². The van der Waals surface area contributed by atoms with Crippen molar-refractivity contribution >= 4 is 17.7 Å². The van der Waals surface area contributed by atoms with Crippen molar-refractivity contribution in [1.29, 1.82) is 0 Å². The molecule has 10 nitrogen and oxygen atoms in total. The number of anilines is 2. The molecule has 47 heavy (non-hydrogen) atoms. The number of benzene rings is 2. The van der Waals surface area contributed by atoms with Gasteiger partial charge in [-0.1, -0.05) is 42.0 Å². The quantitative estimate of drug-likeness (QED) is 0.231. The lowest BCUT2D eigenvalue weighted by Gasteiger charge is -2.39. The van der Waals surface area contributed by atoms with E-state index in [-0.39, 0.29) is 40.5 Å². The van der Waals surface area contributed by atoms with E-state index in [1.807, 2.05) is 36.1 Å². The van der Waals surface area contributed by atoms with Gasteiger partial charge in [0.15, 0.2) is 0 Å². The fourth-order valence-corrected chi connectivity index (χ4v) is 6.51. The third-order valence-electron chi connectivity index (χ3n) is 8.96. The molecule has 0 unspecified atom stereocenters. The molecule has 2 fully saturated rings. The van der Waals surface area contributed by atoms with Crippen LogP contribution in [0.3, 0.4) is 0 Å². The van der Waals surface area contributed by atoms with Gasteiger partial charge in [-0.3, -0.25) is 4.79 Å². The van der Waals surface area contributed by atoms with Gasteiger partial charge >= 0.3 is 12.1 Å². The number of piperidine rings is 1. The Bertz CT molecular complexity index is 1750. The Morgan fingerprint density at radius 1 is 1.09 bits per heavy atom. The second kappa shape index (κ2) is 12.9. The Hall–Kier alpha value is -4.65. The van der Waals surface area contributed by atoms with Crippen LogP contribution in [-0.4, -0.2) is 64.2 Å². The number of carbonyl (C=O) groups is 1. The number of aryl methyl sites for hydroxylation is 2. The number of alkyl halides is 3. The van der Waals surface area contributed by atoms with Crippen molar-refractivity contribution < 1.29 is 27.4 Å². The maximum atomic E-state index is 14.9. The molecule has 4 aromatic rings. The monoisotopic (exact) mass is 649 g/mol. The summed E-state index contributed by atoms with van der Waals surface area (Å²) in [5.74, 6) is -0.340. The van der Waals surface area contributed by atoms with Crippen LogP contribution in [0.2, 0.25) is 0 Å². The van der Waals surface area contributed by atoms with Gasteiger partial charge < -0.3 is 25.4 Å². The van der Waals surface area contributed by atoms with Crippen molar-refractivity contribution in [2.24, 2.45) is 5.41 Å². The number of halogens is 3. The number of hydrogen-bond donors (Lipinski definition) is 2. The summed E-state index contributed by atoms with van der Waals surface area (Å²) >= 11 is 0. The number of esters is 1. The number of hydrogen-bond acceptors (Lipinski definition) is 9. The lowest BCUT2D eigenvalue weighted by Crippen LogP contribution is -2.41. The molecule has 0 saturated carbocycles. The molecule has 2 aromatic heterocycles. The van der Waals surface area contributed by atoms with E-state index in [1.54, 1.807) is 38.2 Å². The highest BCUT2D eigenvalue weighted by Gasteiger charge is 2.46. The van der Waals surface area contributed by atoms with E-state index in [1.165, 1.54) is 16.8 Å². The first-order valence-electron chi connectivity index (χ1n) is 15.7. The van der Waals surface area contributed by atoms with Crippen LogP contribution in [-0.2, 0) is 9.53 Å². The van der Waals surface area contributed by atoms with Crippen LogP contribution in [0.1, 0.15) is 49.1 Å². The van der Waals surface area contributed by atoms with Crippen LogP contribution in [0.15, 0.2) is 60.8 Å². The van der Waals surface area contributed by atoms with E-state index in [2.05, 4.69) is 20.4 Å². The summed E-state index contributed by atoms with van der Waals surface area (Å²) in [6.07, 6.45) is -3.34. The summed E-state index contributed by atoms with van der Waals surface area (Å²) < 4.78 is 56.9. The molecule has 0 radical (unpaired) electrons. The van der Waals surface area contributed by atoms with Crippen LogP contribution >= 0.6 is 0 Å². The zero-order chi connectivity index (χ0) is 33.3. The van der Waals surface area contributed by atoms with Crippen molar-refractivity contribution in [3.8, 4) is 22.7 Å². The molecule has 2 aromatic carbocycles. The van der Waals surface area contributed by atoms with E-state index in [9.17, 15) is 18.0 Å². The summed E-state index contributed by atoms with van der Waals surface area (Å²) in [5.41, 5.74) is 9.35. The van der Waals surface area contributed by atoms with Crippen molar-refractivity contribution in [3.63, 3.8) is 0 Å². The topological polar surface area (TPSA) is 120 Å². The Balaban J connectivity index is 1.27. The smallest absolute Gasteiger partial charge is 0.429 e. The third kappa shape index (κ3) is 7.04. The molecule has 2 aliphatic rings. The normalized spacial score (nSPS) is 18.3. The fourth-order valence-electron chi connectivity index (χ4n) is 6.51. The van der Waals surface area contributed by atoms with E-state index in [0.29, 0.717) is 44.2 Å². The van der Waals surface area contributed by atoms with Gasteiger partial charge in [0.25, 0.3) is 0 Å². The van der Waals surface area contributed by atoms with Gasteiger partial charge in [-0.25, -0.2) is 4.68 Å². The van der Waals surface area contributed by atoms with E-state index in [0.717, 1.165) is 29.5 Å². The minimum atomic E-state index is -4.80. The van der Waals surface area contributed by atoms with E-state index in [4.69, 9.17) is 15.2 Å². The molecule has 4 heterocycles. The number of nitrogen functional groups attached to an aromatic ring is 1. The second-order valence-corrected chi connectivity index (χ2v) is 12.4. The summed E-state index contributed by atoms with van der Waals surface area (Å²) in [6, 6.07) is 15.3. The van der Waals surface area contributed by atoms with Gasteiger partial charge in [-0.15, -0.1) is 0 Å². The predicted molar refractivity (Wildman–Crippen MR) is 171 cm³/mol. The molecule has 6 rings (SSSR count). The molecule has 2 aliphatic heterocycles. The molecule has 248 valence electrons. The summed E-state index contributed by atoms with van der Waals surface area (Å²) in [5, 5.41) is 7.71. The molecular weight excluding hydrogens is 611 g/mol. The van der Waals surface area contributed by atoms with Crippen LogP contribution in [0.4, 0.5) is 24.9 Å².